The van der Waals surface area contributed by atoms with E-state index in [0.29, 0.717) is 5.75 Å². The zero-order chi connectivity index (χ0) is 14.3. The van der Waals surface area contributed by atoms with Gasteiger partial charge in [-0.2, -0.15) is 0 Å². The van der Waals surface area contributed by atoms with Gasteiger partial charge in [-0.05, 0) is 24.6 Å². The van der Waals surface area contributed by atoms with Crippen LogP contribution in [0.15, 0.2) is 42.5 Å². The predicted molar refractivity (Wildman–Crippen MR) is 76.5 cm³/mol. The normalized spacial score (nSPS) is 21.2. The molecule has 0 bridgehead atoms. The number of halogens is 1. The molecule has 1 aliphatic rings. The van der Waals surface area contributed by atoms with Crippen molar-refractivity contribution < 1.29 is 14.6 Å². The van der Waals surface area contributed by atoms with Crippen LogP contribution >= 0.6 is 11.6 Å². The van der Waals surface area contributed by atoms with Crippen LogP contribution in [0.2, 0.25) is 5.02 Å². The van der Waals surface area contributed by atoms with Crippen LogP contribution in [0.5, 0.6) is 11.5 Å². The minimum atomic E-state index is -0.717. The van der Waals surface area contributed by atoms with Crippen LogP contribution in [0.4, 0.5) is 0 Å². The van der Waals surface area contributed by atoms with Crippen LogP contribution in [0.3, 0.4) is 0 Å². The van der Waals surface area contributed by atoms with Gasteiger partial charge >= 0.3 is 0 Å². The molecule has 1 unspecified atom stereocenters. The lowest BCUT2D eigenvalue weighted by Gasteiger charge is -2.35. The van der Waals surface area contributed by atoms with Gasteiger partial charge in [-0.25, -0.2) is 0 Å². The number of carbonyl (C=O) groups excluding carboxylic acids is 1. The standard InChI is InChI=1S/C16H13ClO3/c1-16(10-5-3-2-4-6-10)9-12(19)14-13(20-16)8-7-11(18)15(14)17/h2-8,18H,9H2,1H3. The number of benzene rings is 2. The van der Waals surface area contributed by atoms with Crippen molar-refractivity contribution in [3.63, 3.8) is 0 Å². The molecule has 102 valence electrons. The number of rotatable bonds is 1. The van der Waals surface area contributed by atoms with Gasteiger partial charge in [-0.1, -0.05) is 41.9 Å². The molecule has 1 aliphatic heterocycles. The van der Waals surface area contributed by atoms with Crippen molar-refractivity contribution in [2.45, 2.75) is 18.9 Å². The number of hydrogen-bond donors (Lipinski definition) is 1. The van der Waals surface area contributed by atoms with Gasteiger partial charge in [0.05, 0.1) is 17.0 Å². The molecule has 20 heavy (non-hydrogen) atoms. The molecule has 0 saturated heterocycles. The Morgan fingerprint density at radius 2 is 1.90 bits per heavy atom. The van der Waals surface area contributed by atoms with Gasteiger partial charge in [-0.3, -0.25) is 4.79 Å². The fraction of sp³-hybridized carbons (Fsp3) is 0.188. The first-order valence-electron chi connectivity index (χ1n) is 6.30. The monoisotopic (exact) mass is 288 g/mol. The van der Waals surface area contributed by atoms with Crippen LogP contribution < -0.4 is 4.74 Å². The highest BCUT2D eigenvalue weighted by molar-refractivity contribution is 6.35. The predicted octanol–water partition coefficient (Wildman–Crippen LogP) is 3.93. The molecule has 3 nitrogen and oxygen atoms in total. The largest absolute Gasteiger partial charge is 0.506 e. The molecule has 0 spiro atoms. The fourth-order valence-electron chi connectivity index (χ4n) is 2.52. The molecule has 0 saturated carbocycles. The Morgan fingerprint density at radius 3 is 2.60 bits per heavy atom. The second kappa shape index (κ2) is 4.53. The van der Waals surface area contributed by atoms with E-state index in [9.17, 15) is 9.90 Å². The summed E-state index contributed by atoms with van der Waals surface area (Å²) in [6.07, 6.45) is 0.188. The van der Waals surface area contributed by atoms with E-state index in [1.807, 2.05) is 37.3 Å². The quantitative estimate of drug-likeness (QED) is 0.865. The number of Topliss-reactive ketones (excluding diaryl/α,β-unsaturated/α-hetero) is 1. The summed E-state index contributed by atoms with van der Waals surface area (Å²) in [4.78, 5) is 12.4. The molecule has 3 rings (SSSR count). The number of phenolic OH excluding ortho intramolecular Hbond substituents is 1. The van der Waals surface area contributed by atoms with Gasteiger partial charge in [0, 0.05) is 0 Å². The average Bonchev–Trinajstić information content (AvgIpc) is 2.43. The van der Waals surface area contributed by atoms with E-state index in [2.05, 4.69) is 0 Å². The third-order valence-electron chi connectivity index (χ3n) is 3.58. The van der Waals surface area contributed by atoms with Gasteiger partial charge in [0.1, 0.15) is 17.1 Å². The maximum absolute atomic E-state index is 12.4. The molecule has 0 radical (unpaired) electrons. The van der Waals surface area contributed by atoms with Crippen LogP contribution in [0.1, 0.15) is 29.3 Å². The molecular formula is C16H13ClO3. The summed E-state index contributed by atoms with van der Waals surface area (Å²) < 4.78 is 6.00. The summed E-state index contributed by atoms with van der Waals surface area (Å²) in [6.45, 7) is 1.88. The number of carbonyl (C=O) groups is 1. The average molecular weight is 289 g/mol. The van der Waals surface area contributed by atoms with Gasteiger partial charge in [-0.15, -0.1) is 0 Å². The van der Waals surface area contributed by atoms with Crippen LogP contribution in [-0.2, 0) is 5.60 Å². The minimum Gasteiger partial charge on any atom is -0.506 e. The first kappa shape index (κ1) is 13.0. The van der Waals surface area contributed by atoms with Crippen molar-refractivity contribution in [2.75, 3.05) is 0 Å². The third-order valence-corrected chi connectivity index (χ3v) is 3.96. The van der Waals surface area contributed by atoms with Crippen LogP contribution in [0.25, 0.3) is 0 Å². The molecular weight excluding hydrogens is 276 g/mol. The molecule has 0 amide bonds. The number of aromatic hydroxyl groups is 1. The Labute approximate surface area is 121 Å². The number of phenols is 1. The summed E-state index contributed by atoms with van der Waals surface area (Å²) in [5.41, 5.74) is 0.481. The zero-order valence-corrected chi connectivity index (χ0v) is 11.6. The lowest BCUT2D eigenvalue weighted by molar-refractivity contribution is 0.0503. The Balaban J connectivity index is 2.10. The Kier molecular flexibility index (Phi) is 2.94. The Bertz CT molecular complexity index is 682. The first-order chi connectivity index (χ1) is 9.51. The SMILES string of the molecule is CC1(c2ccccc2)CC(=O)c2c(ccc(O)c2Cl)O1. The highest BCUT2D eigenvalue weighted by Crippen LogP contribution is 2.44. The van der Waals surface area contributed by atoms with Crippen LogP contribution in [-0.4, -0.2) is 10.9 Å². The molecule has 1 atom stereocenters. The van der Waals surface area contributed by atoms with Crippen molar-refractivity contribution in [3.05, 3.63) is 58.6 Å². The smallest absolute Gasteiger partial charge is 0.172 e. The van der Waals surface area contributed by atoms with Gasteiger partial charge in [0.25, 0.3) is 0 Å². The van der Waals surface area contributed by atoms with Crippen molar-refractivity contribution in [1.29, 1.82) is 0 Å². The zero-order valence-electron chi connectivity index (χ0n) is 10.9. The van der Waals surface area contributed by atoms with Crippen LogP contribution in [0, 0.1) is 0 Å². The van der Waals surface area contributed by atoms with E-state index in [0.717, 1.165) is 5.56 Å². The molecule has 1 N–H and O–H groups in total. The second-order valence-electron chi connectivity index (χ2n) is 5.07. The van der Waals surface area contributed by atoms with E-state index in [-0.39, 0.29) is 28.5 Å². The molecule has 1 heterocycles. The lowest BCUT2D eigenvalue weighted by Crippen LogP contribution is -2.36. The van der Waals surface area contributed by atoms with Crippen molar-refractivity contribution in [1.82, 2.24) is 0 Å². The summed E-state index contributed by atoms with van der Waals surface area (Å²) >= 11 is 5.99. The summed E-state index contributed by atoms with van der Waals surface area (Å²) in [7, 11) is 0. The van der Waals surface area contributed by atoms with E-state index in [4.69, 9.17) is 16.3 Å². The molecule has 2 aromatic rings. The van der Waals surface area contributed by atoms with E-state index in [1.54, 1.807) is 6.07 Å². The van der Waals surface area contributed by atoms with Crippen molar-refractivity contribution in [3.8, 4) is 11.5 Å². The topological polar surface area (TPSA) is 46.5 Å². The Morgan fingerprint density at radius 1 is 1.20 bits per heavy atom. The number of ketones is 1. The van der Waals surface area contributed by atoms with Crippen molar-refractivity contribution >= 4 is 17.4 Å². The lowest BCUT2D eigenvalue weighted by atomic mass is 9.85. The number of ether oxygens (including phenoxy) is 1. The third kappa shape index (κ3) is 1.95. The van der Waals surface area contributed by atoms with Gasteiger partial charge in [0.2, 0.25) is 0 Å². The summed E-state index contributed by atoms with van der Waals surface area (Å²) in [5.74, 6) is 0.180. The van der Waals surface area contributed by atoms with Gasteiger partial charge < -0.3 is 9.84 Å². The second-order valence-corrected chi connectivity index (χ2v) is 5.45. The molecule has 0 aliphatic carbocycles. The maximum Gasteiger partial charge on any atom is 0.172 e. The number of hydrogen-bond acceptors (Lipinski definition) is 3. The molecule has 2 aromatic carbocycles. The van der Waals surface area contributed by atoms with E-state index >= 15 is 0 Å². The molecule has 4 heteroatoms. The maximum atomic E-state index is 12.4. The first-order valence-corrected chi connectivity index (χ1v) is 6.68. The Hall–Kier alpha value is -2.00. The number of fused-ring (bicyclic) bond motifs is 1. The summed E-state index contributed by atoms with van der Waals surface area (Å²) in [6, 6.07) is 12.6. The molecule has 0 aromatic heterocycles. The highest BCUT2D eigenvalue weighted by atomic mass is 35.5. The highest BCUT2D eigenvalue weighted by Gasteiger charge is 2.39. The summed E-state index contributed by atoms with van der Waals surface area (Å²) in [5, 5.41) is 9.66. The minimum absolute atomic E-state index is 0.0580. The molecule has 0 fully saturated rings. The van der Waals surface area contributed by atoms with Crippen molar-refractivity contribution in [2.24, 2.45) is 0 Å². The van der Waals surface area contributed by atoms with Gasteiger partial charge in [0.15, 0.2) is 5.78 Å². The van der Waals surface area contributed by atoms with E-state index in [1.165, 1.54) is 6.07 Å². The fourth-order valence-corrected chi connectivity index (χ4v) is 2.78. The van der Waals surface area contributed by atoms with E-state index < -0.39 is 5.60 Å².